The molecule has 3 aromatic heterocycles. The maximum Gasteiger partial charge on any atom is 0.373 e. The van der Waals surface area contributed by atoms with Gasteiger partial charge in [-0.15, -0.1) is 0 Å². The van der Waals surface area contributed by atoms with Crippen LogP contribution in [0.2, 0.25) is 0 Å². The Labute approximate surface area is 193 Å². The fraction of sp³-hybridized carbons (Fsp3) is 0. The van der Waals surface area contributed by atoms with E-state index >= 15 is 0 Å². The Balaban J connectivity index is 2.46. The van der Waals surface area contributed by atoms with E-state index in [-0.39, 0.29) is 0 Å². The minimum Gasteiger partial charge on any atom is -0.476 e. The van der Waals surface area contributed by atoms with E-state index in [0.717, 1.165) is 0 Å². The molecule has 3 heterocycles. The minimum absolute atomic E-state index is 0.682. The number of aromatic nitrogens is 6. The number of hydrogen-bond donors (Lipinski definition) is 6. The molecular weight excluding hydrogens is 492 g/mol. The van der Waals surface area contributed by atoms with Gasteiger partial charge in [0.25, 0.3) is 0 Å². The monoisotopic (exact) mass is 498 g/mol. The third-order valence-electron chi connectivity index (χ3n) is 4.59. The fourth-order valence-electron chi connectivity index (χ4n) is 3.24. The average molecular weight is 498 g/mol. The van der Waals surface area contributed by atoms with Crippen molar-refractivity contribution in [3.8, 4) is 0 Å². The SMILES string of the molecule is O=C(O)c1nc(C(=O)O)c2c(n1)c1nc(C(=O)O)c(C(=O)O)nc1c1nc(C(=O)O)c(C(=O)O)nc12. The Hall–Kier alpha value is -5.94. The van der Waals surface area contributed by atoms with E-state index in [0.29, 0.717) is 0 Å². The molecule has 0 saturated carbocycles. The van der Waals surface area contributed by atoms with E-state index in [1.165, 1.54) is 0 Å². The van der Waals surface area contributed by atoms with Gasteiger partial charge in [-0.05, 0) is 0 Å². The second-order valence-corrected chi connectivity index (χ2v) is 6.69. The average Bonchev–Trinajstić information content (AvgIpc) is 2.81. The Kier molecular flexibility index (Phi) is 5.05. The first-order chi connectivity index (χ1) is 16.8. The molecule has 0 radical (unpaired) electrons. The lowest BCUT2D eigenvalue weighted by Gasteiger charge is -2.12. The summed E-state index contributed by atoms with van der Waals surface area (Å²) in [6.07, 6.45) is 0. The normalized spacial score (nSPS) is 11.0. The standard InChI is InChI=1S/C18H6N6O12/c25-13(26)4-1-2-5(20-9(15(29)30)8(19-2)14(27)28)7-6(3(1)23-12(24-4)18(35)36)21-10(16(31)32)11(22-7)17(33)34/h(H,25,26)(H,27,28)(H,29,30)(H,31,32)(H,33,34)(H,35,36). The second kappa shape index (κ2) is 7.83. The van der Waals surface area contributed by atoms with Crippen LogP contribution in [0.4, 0.5) is 0 Å². The molecule has 0 aliphatic heterocycles. The van der Waals surface area contributed by atoms with Crippen LogP contribution >= 0.6 is 0 Å². The zero-order valence-electron chi connectivity index (χ0n) is 16.8. The van der Waals surface area contributed by atoms with Crippen LogP contribution in [-0.2, 0) is 0 Å². The van der Waals surface area contributed by atoms with Crippen molar-refractivity contribution in [2.24, 2.45) is 0 Å². The molecule has 0 amide bonds. The third kappa shape index (κ3) is 3.37. The number of benzene rings is 1. The van der Waals surface area contributed by atoms with Crippen molar-refractivity contribution < 1.29 is 59.4 Å². The summed E-state index contributed by atoms with van der Waals surface area (Å²) >= 11 is 0. The molecular formula is C18H6N6O12. The van der Waals surface area contributed by atoms with Gasteiger partial charge in [-0.25, -0.2) is 58.7 Å². The van der Waals surface area contributed by atoms with Crippen molar-refractivity contribution in [1.82, 2.24) is 29.9 Å². The number of nitrogens with zero attached hydrogens (tertiary/aromatic N) is 6. The van der Waals surface area contributed by atoms with E-state index in [9.17, 15) is 59.4 Å². The van der Waals surface area contributed by atoms with Gasteiger partial charge < -0.3 is 30.6 Å². The number of rotatable bonds is 6. The van der Waals surface area contributed by atoms with Crippen LogP contribution in [-0.4, -0.2) is 96.4 Å². The third-order valence-corrected chi connectivity index (χ3v) is 4.59. The van der Waals surface area contributed by atoms with Crippen LogP contribution < -0.4 is 0 Å². The first kappa shape index (κ1) is 23.2. The molecule has 36 heavy (non-hydrogen) atoms. The number of hydrogen-bond acceptors (Lipinski definition) is 12. The van der Waals surface area contributed by atoms with Gasteiger partial charge in [-0.1, -0.05) is 0 Å². The minimum atomic E-state index is -1.89. The molecule has 180 valence electrons. The topological polar surface area (TPSA) is 301 Å². The van der Waals surface area contributed by atoms with E-state index in [1.807, 2.05) is 0 Å². The zero-order valence-corrected chi connectivity index (χ0v) is 16.8. The van der Waals surface area contributed by atoms with Gasteiger partial charge in [0, 0.05) is 0 Å². The molecule has 0 fully saturated rings. The smallest absolute Gasteiger partial charge is 0.373 e. The zero-order chi connectivity index (χ0) is 26.6. The lowest BCUT2D eigenvalue weighted by Crippen LogP contribution is -2.17. The van der Waals surface area contributed by atoms with Crippen molar-refractivity contribution in [3.63, 3.8) is 0 Å². The molecule has 0 aliphatic carbocycles. The number of fused-ring (bicyclic) bond motifs is 6. The Bertz CT molecular complexity index is 1720. The quantitative estimate of drug-likeness (QED) is 0.186. The number of carboxylic acid groups (broad SMARTS) is 6. The summed E-state index contributed by atoms with van der Waals surface area (Å²) in [5, 5.41) is 55.9. The van der Waals surface area contributed by atoms with Crippen LogP contribution in [0.15, 0.2) is 0 Å². The maximum atomic E-state index is 11.9. The maximum absolute atomic E-state index is 11.9. The number of carboxylic acids is 6. The van der Waals surface area contributed by atoms with Crippen molar-refractivity contribution in [2.75, 3.05) is 0 Å². The lowest BCUT2D eigenvalue weighted by molar-refractivity contribution is 0.0641. The molecule has 1 aromatic carbocycles. The van der Waals surface area contributed by atoms with E-state index in [4.69, 9.17) is 0 Å². The Morgan fingerprint density at radius 3 is 1.00 bits per heavy atom. The fourth-order valence-corrected chi connectivity index (χ4v) is 3.24. The molecule has 18 heteroatoms. The summed E-state index contributed by atoms with van der Waals surface area (Å²) in [7, 11) is 0. The largest absolute Gasteiger partial charge is 0.476 e. The molecule has 6 N–H and O–H groups in total. The van der Waals surface area contributed by atoms with Gasteiger partial charge in [0.05, 0.1) is 5.39 Å². The van der Waals surface area contributed by atoms with Crippen LogP contribution in [0.1, 0.15) is 63.1 Å². The first-order valence-electron chi connectivity index (χ1n) is 9.00. The summed E-state index contributed by atoms with van der Waals surface area (Å²) in [6.45, 7) is 0. The molecule has 0 atom stereocenters. The van der Waals surface area contributed by atoms with Gasteiger partial charge >= 0.3 is 35.8 Å². The lowest BCUT2D eigenvalue weighted by atomic mass is 10.1. The molecule has 0 saturated heterocycles. The summed E-state index contributed by atoms with van der Waals surface area (Å²) < 4.78 is 0. The predicted molar refractivity (Wildman–Crippen MR) is 107 cm³/mol. The molecule has 0 unspecified atom stereocenters. The highest BCUT2D eigenvalue weighted by Gasteiger charge is 2.30. The van der Waals surface area contributed by atoms with E-state index in [1.54, 1.807) is 0 Å². The summed E-state index contributed by atoms with van der Waals surface area (Å²) in [6, 6.07) is 0. The van der Waals surface area contributed by atoms with Gasteiger partial charge in [0.2, 0.25) is 5.82 Å². The van der Waals surface area contributed by atoms with E-state index < -0.39 is 103 Å². The Morgan fingerprint density at radius 1 is 0.361 bits per heavy atom. The molecule has 0 spiro atoms. The highest BCUT2D eigenvalue weighted by Crippen LogP contribution is 2.33. The van der Waals surface area contributed by atoms with Crippen molar-refractivity contribution in [3.05, 3.63) is 34.3 Å². The Morgan fingerprint density at radius 2 is 0.667 bits per heavy atom. The summed E-state index contributed by atoms with van der Waals surface area (Å²) in [4.78, 5) is 91.6. The molecule has 18 nitrogen and oxygen atoms in total. The molecule has 0 aliphatic rings. The van der Waals surface area contributed by atoms with Crippen LogP contribution in [0.25, 0.3) is 33.0 Å². The number of carbonyl (C=O) groups is 6. The first-order valence-corrected chi connectivity index (χ1v) is 9.00. The second-order valence-electron chi connectivity index (χ2n) is 6.69. The van der Waals surface area contributed by atoms with Gasteiger partial charge in [0.15, 0.2) is 28.5 Å². The van der Waals surface area contributed by atoms with Gasteiger partial charge in [-0.2, -0.15) is 0 Å². The van der Waals surface area contributed by atoms with Crippen LogP contribution in [0, 0.1) is 0 Å². The number of aromatic carboxylic acids is 6. The van der Waals surface area contributed by atoms with Crippen molar-refractivity contribution >= 4 is 68.8 Å². The van der Waals surface area contributed by atoms with E-state index in [2.05, 4.69) is 29.9 Å². The summed E-state index contributed by atoms with van der Waals surface area (Å²) in [5.41, 5.74) is -9.16. The molecule has 4 rings (SSSR count). The van der Waals surface area contributed by atoms with Gasteiger partial charge in [-0.3, -0.25) is 0 Å². The molecule has 0 bridgehead atoms. The van der Waals surface area contributed by atoms with Crippen molar-refractivity contribution in [1.29, 1.82) is 0 Å². The van der Waals surface area contributed by atoms with Crippen molar-refractivity contribution in [2.45, 2.75) is 0 Å². The molecule has 4 aromatic rings. The van der Waals surface area contributed by atoms with Crippen LogP contribution in [0.3, 0.4) is 0 Å². The summed E-state index contributed by atoms with van der Waals surface area (Å²) in [5.74, 6) is -12.3. The van der Waals surface area contributed by atoms with Gasteiger partial charge in [0.1, 0.15) is 27.6 Å². The predicted octanol–water partition coefficient (Wildman–Crippen LogP) is -0.295. The highest BCUT2D eigenvalue weighted by molar-refractivity contribution is 6.25. The van der Waals surface area contributed by atoms with Crippen LogP contribution in [0.5, 0.6) is 0 Å². The highest BCUT2D eigenvalue weighted by atomic mass is 16.4.